The third-order valence-corrected chi connectivity index (χ3v) is 4.91. The molecule has 0 aromatic heterocycles. The Balaban J connectivity index is 2.55. The quantitative estimate of drug-likeness (QED) is 0.206. The second kappa shape index (κ2) is 16.0. The molecule has 0 bridgehead atoms. The minimum Gasteiger partial charge on any atom is -0.465 e. The van der Waals surface area contributed by atoms with Crippen molar-refractivity contribution in [3.63, 3.8) is 0 Å². The molecule has 0 spiro atoms. The maximum atomic E-state index is 12.6. The van der Waals surface area contributed by atoms with E-state index in [0.29, 0.717) is 13.0 Å². The molecule has 0 amide bonds. The average Bonchev–Trinajstić information content (AvgIpc) is 2.73. The highest BCUT2D eigenvalue weighted by Crippen LogP contribution is 2.13. The predicted molar refractivity (Wildman–Crippen MR) is 119 cm³/mol. The van der Waals surface area contributed by atoms with Gasteiger partial charge < -0.3 is 9.64 Å². The number of esters is 1. The molecule has 0 saturated carbocycles. The molecule has 3 heteroatoms. The number of hydrogen-bond acceptors (Lipinski definition) is 3. The zero-order valence-electron chi connectivity index (χ0n) is 18.1. The summed E-state index contributed by atoms with van der Waals surface area (Å²) in [5.41, 5.74) is 1.15. The van der Waals surface area contributed by atoms with E-state index in [1.807, 2.05) is 36.4 Å². The Morgan fingerprint density at radius 1 is 0.964 bits per heavy atom. The summed E-state index contributed by atoms with van der Waals surface area (Å²) in [5.74, 6) is -0.367. The van der Waals surface area contributed by atoms with E-state index in [1.54, 1.807) is 0 Å². The fraction of sp³-hybridized carbons (Fsp3) is 0.560. The molecule has 1 aromatic rings. The summed E-state index contributed by atoms with van der Waals surface area (Å²) in [6.07, 6.45) is 15.8. The molecule has 3 nitrogen and oxygen atoms in total. The summed E-state index contributed by atoms with van der Waals surface area (Å²) in [4.78, 5) is 14.8. The Hall–Kier alpha value is -2.03. The summed E-state index contributed by atoms with van der Waals surface area (Å²) >= 11 is 0. The van der Waals surface area contributed by atoms with E-state index >= 15 is 0 Å². The summed E-state index contributed by atoms with van der Waals surface area (Å²) < 4.78 is 5.58. The van der Waals surface area contributed by atoms with Gasteiger partial charge in [-0.05, 0) is 44.5 Å². The number of benzene rings is 1. The van der Waals surface area contributed by atoms with E-state index in [9.17, 15) is 4.79 Å². The van der Waals surface area contributed by atoms with Crippen molar-refractivity contribution in [1.82, 2.24) is 4.90 Å². The lowest BCUT2D eigenvalue weighted by molar-refractivity contribution is -0.146. The topological polar surface area (TPSA) is 29.5 Å². The van der Waals surface area contributed by atoms with Crippen LogP contribution in [-0.2, 0) is 16.0 Å². The van der Waals surface area contributed by atoms with Gasteiger partial charge in [-0.3, -0.25) is 4.79 Å². The monoisotopic (exact) mass is 385 g/mol. The fourth-order valence-electron chi connectivity index (χ4n) is 3.06. The minimum absolute atomic E-state index is 0.120. The maximum Gasteiger partial charge on any atom is 0.313 e. The third-order valence-electron chi connectivity index (χ3n) is 4.91. The molecule has 0 aliphatic rings. The van der Waals surface area contributed by atoms with Crippen molar-refractivity contribution in [3.05, 3.63) is 60.3 Å². The van der Waals surface area contributed by atoms with E-state index in [2.05, 4.69) is 44.0 Å². The van der Waals surface area contributed by atoms with Gasteiger partial charge in [-0.2, -0.15) is 0 Å². The van der Waals surface area contributed by atoms with Gasteiger partial charge in [0.15, 0.2) is 0 Å². The van der Waals surface area contributed by atoms with Gasteiger partial charge in [0.05, 0.1) is 12.5 Å². The van der Waals surface area contributed by atoms with Gasteiger partial charge in [0.2, 0.25) is 0 Å². The highest BCUT2D eigenvalue weighted by atomic mass is 16.5. The number of rotatable bonds is 15. The van der Waals surface area contributed by atoms with Gasteiger partial charge >= 0.3 is 5.97 Å². The number of ether oxygens (including phenoxy) is 1. The summed E-state index contributed by atoms with van der Waals surface area (Å²) in [7, 11) is 0. The van der Waals surface area contributed by atoms with Gasteiger partial charge in [0.25, 0.3) is 0 Å². The first-order valence-corrected chi connectivity index (χ1v) is 11.0. The number of allylic oxidation sites excluding steroid dienone is 2. The van der Waals surface area contributed by atoms with Crippen LogP contribution in [0, 0.1) is 5.92 Å². The lowest BCUT2D eigenvalue weighted by Crippen LogP contribution is -2.19. The van der Waals surface area contributed by atoms with Gasteiger partial charge in [-0.15, -0.1) is 0 Å². The molecule has 0 fully saturated rings. The molecule has 0 radical (unpaired) electrons. The van der Waals surface area contributed by atoms with E-state index in [0.717, 1.165) is 31.5 Å². The molecular formula is C25H39NO2. The molecule has 1 aromatic carbocycles. The van der Waals surface area contributed by atoms with Crippen LogP contribution in [0.4, 0.5) is 0 Å². The molecule has 1 atom stereocenters. The van der Waals surface area contributed by atoms with Gasteiger partial charge in [0.1, 0.15) is 0 Å². The first kappa shape index (κ1) is 24.0. The highest BCUT2D eigenvalue weighted by Gasteiger charge is 2.17. The second-order valence-electron chi connectivity index (χ2n) is 7.18. The summed E-state index contributed by atoms with van der Waals surface area (Å²) in [5, 5.41) is 0. The number of carbonyl (C=O) groups is 1. The van der Waals surface area contributed by atoms with Gasteiger partial charge in [0, 0.05) is 13.1 Å². The van der Waals surface area contributed by atoms with Crippen molar-refractivity contribution in [2.75, 3.05) is 19.7 Å². The van der Waals surface area contributed by atoms with Gasteiger partial charge in [-0.25, -0.2) is 0 Å². The number of unbranched alkanes of at least 4 members (excludes halogenated alkanes) is 5. The molecule has 1 unspecified atom stereocenters. The molecule has 0 N–H and O–H groups in total. The van der Waals surface area contributed by atoms with Crippen LogP contribution in [0.15, 0.2) is 54.8 Å². The Bertz CT molecular complexity index is 561. The Morgan fingerprint density at radius 3 is 2.32 bits per heavy atom. The Kier molecular flexibility index (Phi) is 13.7. The average molecular weight is 386 g/mol. The fourth-order valence-corrected chi connectivity index (χ4v) is 3.06. The van der Waals surface area contributed by atoms with Crippen molar-refractivity contribution in [2.45, 2.75) is 65.7 Å². The molecule has 0 aliphatic heterocycles. The number of hydrogen-bond donors (Lipinski definition) is 0. The van der Waals surface area contributed by atoms with Crippen LogP contribution in [0.5, 0.6) is 0 Å². The first-order valence-electron chi connectivity index (χ1n) is 11.0. The first-order chi connectivity index (χ1) is 13.7. The van der Waals surface area contributed by atoms with Gasteiger partial charge in [-0.1, -0.05) is 81.5 Å². The van der Waals surface area contributed by atoms with Crippen LogP contribution in [0.1, 0.15) is 64.9 Å². The zero-order valence-corrected chi connectivity index (χ0v) is 18.1. The largest absolute Gasteiger partial charge is 0.465 e. The Labute approximate surface area is 172 Å². The minimum atomic E-state index is -0.246. The third kappa shape index (κ3) is 11.0. The van der Waals surface area contributed by atoms with Crippen LogP contribution in [0.3, 0.4) is 0 Å². The maximum absolute atomic E-state index is 12.6. The van der Waals surface area contributed by atoms with Crippen molar-refractivity contribution < 1.29 is 9.53 Å². The lowest BCUT2D eigenvalue weighted by Gasteiger charge is -2.14. The van der Waals surface area contributed by atoms with Crippen LogP contribution in [0.2, 0.25) is 0 Å². The Morgan fingerprint density at radius 2 is 1.64 bits per heavy atom. The molecule has 0 aliphatic carbocycles. The molecule has 28 heavy (non-hydrogen) atoms. The second-order valence-corrected chi connectivity index (χ2v) is 7.18. The standard InChI is InChI=1S/C25H39NO2/c1-4-7-8-9-10-16-21-28-25(27)24(22-23-17-12-11-13-18-23)19-14-15-20-26(5-2)6-3/h11-15,17-20,24H,4-10,16,21-22H2,1-3H3. The van der Waals surface area contributed by atoms with Crippen molar-refractivity contribution in [3.8, 4) is 0 Å². The van der Waals surface area contributed by atoms with E-state index in [1.165, 1.54) is 25.7 Å². The number of nitrogens with zero attached hydrogens (tertiary/aromatic N) is 1. The lowest BCUT2D eigenvalue weighted by atomic mass is 9.99. The SMILES string of the molecule is CCCCCCCCOC(=O)C(C=CC=CN(CC)CC)Cc1ccccc1. The zero-order chi connectivity index (χ0) is 20.5. The van der Waals surface area contributed by atoms with Crippen LogP contribution < -0.4 is 0 Å². The van der Waals surface area contributed by atoms with Crippen LogP contribution >= 0.6 is 0 Å². The van der Waals surface area contributed by atoms with E-state index in [-0.39, 0.29) is 11.9 Å². The van der Waals surface area contributed by atoms with E-state index < -0.39 is 0 Å². The van der Waals surface area contributed by atoms with Crippen LogP contribution in [0.25, 0.3) is 0 Å². The molecule has 0 heterocycles. The molecule has 156 valence electrons. The molecule has 1 rings (SSSR count). The molecule has 0 saturated heterocycles. The number of carbonyl (C=O) groups excluding carboxylic acids is 1. The summed E-state index contributed by atoms with van der Waals surface area (Å²) in [6, 6.07) is 10.1. The van der Waals surface area contributed by atoms with Crippen molar-refractivity contribution in [1.29, 1.82) is 0 Å². The van der Waals surface area contributed by atoms with Crippen molar-refractivity contribution >= 4 is 5.97 Å². The van der Waals surface area contributed by atoms with Crippen molar-refractivity contribution in [2.24, 2.45) is 5.92 Å². The van der Waals surface area contributed by atoms with E-state index in [4.69, 9.17) is 4.74 Å². The predicted octanol–water partition coefficient (Wildman–Crippen LogP) is 6.16. The van der Waals surface area contributed by atoms with Crippen LogP contribution in [-0.4, -0.2) is 30.6 Å². The normalized spacial score (nSPS) is 12.5. The summed E-state index contributed by atoms with van der Waals surface area (Å²) in [6.45, 7) is 8.98. The highest BCUT2D eigenvalue weighted by molar-refractivity contribution is 5.75. The molecular weight excluding hydrogens is 346 g/mol. The smallest absolute Gasteiger partial charge is 0.313 e.